The minimum Gasteiger partial charge on any atom is -0.497 e. The highest BCUT2D eigenvalue weighted by molar-refractivity contribution is 5.35. The Morgan fingerprint density at radius 3 is 2.79 bits per heavy atom. The zero-order chi connectivity index (χ0) is 13.8. The summed E-state index contributed by atoms with van der Waals surface area (Å²) in [6.07, 6.45) is 3.68. The molecule has 0 bridgehead atoms. The number of aryl methyl sites for hydroxylation is 1. The molecule has 1 unspecified atom stereocenters. The van der Waals surface area contributed by atoms with Crippen molar-refractivity contribution in [1.29, 1.82) is 0 Å². The van der Waals surface area contributed by atoms with Crippen LogP contribution in [-0.4, -0.2) is 23.9 Å². The standard InChI is InChI=1S/C14H18FN3O/c1-4-18-9-10(8-17-18)14(16-2)12-6-5-11(19-3)7-13(12)15/h5-9,14,16H,4H2,1-3H3. The van der Waals surface area contributed by atoms with Crippen molar-refractivity contribution in [2.45, 2.75) is 19.5 Å². The maximum absolute atomic E-state index is 14.1. The van der Waals surface area contributed by atoms with E-state index >= 15 is 0 Å². The summed E-state index contributed by atoms with van der Waals surface area (Å²) in [6, 6.07) is 4.67. The quantitative estimate of drug-likeness (QED) is 0.900. The van der Waals surface area contributed by atoms with Crippen LogP contribution in [0.1, 0.15) is 24.1 Å². The summed E-state index contributed by atoms with van der Waals surface area (Å²) < 4.78 is 20.9. The molecule has 2 rings (SSSR count). The van der Waals surface area contributed by atoms with Gasteiger partial charge in [-0.15, -0.1) is 0 Å². The molecular formula is C14H18FN3O. The van der Waals surface area contributed by atoms with Crippen LogP contribution in [0, 0.1) is 5.82 Å². The van der Waals surface area contributed by atoms with E-state index < -0.39 is 0 Å². The minimum absolute atomic E-state index is 0.216. The van der Waals surface area contributed by atoms with Crippen molar-refractivity contribution in [3.05, 3.63) is 47.5 Å². The predicted octanol–water partition coefficient (Wildman–Crippen LogP) is 2.36. The molecule has 0 aliphatic heterocycles. The number of hydrogen-bond acceptors (Lipinski definition) is 3. The molecule has 102 valence electrons. The number of hydrogen-bond donors (Lipinski definition) is 1. The van der Waals surface area contributed by atoms with Gasteiger partial charge in [0.25, 0.3) is 0 Å². The SMILES string of the molecule is CCn1cc(C(NC)c2ccc(OC)cc2F)cn1. The third kappa shape index (κ3) is 2.76. The van der Waals surface area contributed by atoms with Crippen molar-refractivity contribution in [3.63, 3.8) is 0 Å². The first-order chi connectivity index (χ1) is 9.19. The molecular weight excluding hydrogens is 245 g/mol. The molecule has 0 saturated carbocycles. The van der Waals surface area contributed by atoms with Crippen LogP contribution >= 0.6 is 0 Å². The van der Waals surface area contributed by atoms with Gasteiger partial charge >= 0.3 is 0 Å². The molecule has 1 atom stereocenters. The fourth-order valence-corrected chi connectivity index (χ4v) is 2.07. The molecule has 0 radical (unpaired) electrons. The van der Waals surface area contributed by atoms with Gasteiger partial charge in [0.1, 0.15) is 11.6 Å². The van der Waals surface area contributed by atoms with Gasteiger partial charge < -0.3 is 10.1 Å². The second-order valence-electron chi connectivity index (χ2n) is 4.24. The molecule has 1 aromatic carbocycles. The van der Waals surface area contributed by atoms with Crippen LogP contribution in [0.3, 0.4) is 0 Å². The predicted molar refractivity (Wildman–Crippen MR) is 71.8 cm³/mol. The summed E-state index contributed by atoms with van der Waals surface area (Å²) >= 11 is 0. The molecule has 19 heavy (non-hydrogen) atoms. The van der Waals surface area contributed by atoms with Gasteiger partial charge in [-0.1, -0.05) is 6.07 Å². The summed E-state index contributed by atoms with van der Waals surface area (Å²) in [5.74, 6) is 0.225. The number of halogens is 1. The van der Waals surface area contributed by atoms with Gasteiger partial charge in [-0.2, -0.15) is 5.10 Å². The number of nitrogens with zero attached hydrogens (tertiary/aromatic N) is 2. The highest BCUT2D eigenvalue weighted by atomic mass is 19.1. The minimum atomic E-state index is -0.289. The van der Waals surface area contributed by atoms with E-state index in [0.29, 0.717) is 11.3 Å². The fourth-order valence-electron chi connectivity index (χ4n) is 2.07. The van der Waals surface area contributed by atoms with Crippen molar-refractivity contribution in [1.82, 2.24) is 15.1 Å². The van der Waals surface area contributed by atoms with Crippen LogP contribution in [0.4, 0.5) is 4.39 Å². The van der Waals surface area contributed by atoms with Gasteiger partial charge in [0.15, 0.2) is 0 Å². The van der Waals surface area contributed by atoms with Crippen LogP contribution in [0.15, 0.2) is 30.6 Å². The largest absolute Gasteiger partial charge is 0.497 e. The van der Waals surface area contributed by atoms with Crippen molar-refractivity contribution in [2.24, 2.45) is 0 Å². The van der Waals surface area contributed by atoms with Crippen LogP contribution in [0.5, 0.6) is 5.75 Å². The summed E-state index contributed by atoms with van der Waals surface area (Å²) in [7, 11) is 3.33. The fraction of sp³-hybridized carbons (Fsp3) is 0.357. The molecule has 5 heteroatoms. The number of benzene rings is 1. The van der Waals surface area contributed by atoms with Crippen molar-refractivity contribution in [3.8, 4) is 5.75 Å². The van der Waals surface area contributed by atoms with Crippen molar-refractivity contribution >= 4 is 0 Å². The molecule has 0 aliphatic rings. The van der Waals surface area contributed by atoms with Gasteiger partial charge in [0.05, 0.1) is 19.3 Å². The highest BCUT2D eigenvalue weighted by Crippen LogP contribution is 2.26. The average molecular weight is 263 g/mol. The Morgan fingerprint density at radius 1 is 1.47 bits per heavy atom. The van der Waals surface area contributed by atoms with Crippen LogP contribution in [0.2, 0.25) is 0 Å². The zero-order valence-electron chi connectivity index (χ0n) is 11.4. The lowest BCUT2D eigenvalue weighted by atomic mass is 10.0. The second-order valence-corrected chi connectivity index (χ2v) is 4.24. The number of rotatable bonds is 5. The molecule has 0 aliphatic carbocycles. The smallest absolute Gasteiger partial charge is 0.132 e. The number of methoxy groups -OCH3 is 1. The Bertz CT molecular complexity index is 553. The lowest BCUT2D eigenvalue weighted by Gasteiger charge is -2.16. The molecule has 4 nitrogen and oxygen atoms in total. The summed E-state index contributed by atoms with van der Waals surface area (Å²) in [5, 5.41) is 7.34. The van der Waals surface area contributed by atoms with Crippen LogP contribution < -0.4 is 10.1 Å². The van der Waals surface area contributed by atoms with Crippen molar-refractivity contribution in [2.75, 3.05) is 14.2 Å². The molecule has 1 N–H and O–H groups in total. The van der Waals surface area contributed by atoms with Gasteiger partial charge in [0, 0.05) is 29.9 Å². The van der Waals surface area contributed by atoms with E-state index in [1.807, 2.05) is 17.8 Å². The molecule has 0 spiro atoms. The normalized spacial score (nSPS) is 12.4. The Hall–Kier alpha value is -1.88. The molecule has 2 aromatic rings. The Kier molecular flexibility index (Phi) is 4.16. The summed E-state index contributed by atoms with van der Waals surface area (Å²) in [6.45, 7) is 2.81. The summed E-state index contributed by atoms with van der Waals surface area (Å²) in [4.78, 5) is 0. The topological polar surface area (TPSA) is 39.1 Å². The van der Waals surface area contributed by atoms with E-state index in [1.165, 1.54) is 13.2 Å². The Labute approximate surface area is 112 Å². The third-order valence-electron chi connectivity index (χ3n) is 3.12. The van der Waals surface area contributed by atoms with Gasteiger partial charge in [-0.05, 0) is 20.0 Å². The first kappa shape index (κ1) is 13.5. The molecule has 1 aromatic heterocycles. The first-order valence-electron chi connectivity index (χ1n) is 6.22. The van der Waals surface area contributed by atoms with E-state index in [1.54, 1.807) is 25.4 Å². The van der Waals surface area contributed by atoms with E-state index in [9.17, 15) is 4.39 Å². The maximum Gasteiger partial charge on any atom is 0.132 e. The molecule has 0 fully saturated rings. The number of nitrogens with one attached hydrogen (secondary N) is 1. The second kappa shape index (κ2) is 5.84. The van der Waals surface area contributed by atoms with E-state index in [4.69, 9.17) is 4.74 Å². The first-order valence-corrected chi connectivity index (χ1v) is 6.22. The monoisotopic (exact) mass is 263 g/mol. The van der Waals surface area contributed by atoms with E-state index in [2.05, 4.69) is 10.4 Å². The zero-order valence-corrected chi connectivity index (χ0v) is 11.4. The molecule has 0 amide bonds. The maximum atomic E-state index is 14.1. The lowest BCUT2D eigenvalue weighted by Crippen LogP contribution is -2.18. The Balaban J connectivity index is 2.36. The Morgan fingerprint density at radius 2 is 2.26 bits per heavy atom. The van der Waals surface area contributed by atoms with Crippen molar-refractivity contribution < 1.29 is 9.13 Å². The van der Waals surface area contributed by atoms with Crippen LogP contribution in [-0.2, 0) is 6.54 Å². The average Bonchev–Trinajstić information content (AvgIpc) is 2.90. The van der Waals surface area contributed by atoms with Gasteiger partial charge in [0.2, 0.25) is 0 Å². The molecule has 1 heterocycles. The van der Waals surface area contributed by atoms with Gasteiger partial charge in [-0.25, -0.2) is 4.39 Å². The summed E-state index contributed by atoms with van der Waals surface area (Å²) in [5.41, 5.74) is 1.52. The lowest BCUT2D eigenvalue weighted by molar-refractivity contribution is 0.410. The number of ether oxygens (including phenoxy) is 1. The van der Waals surface area contributed by atoms with Gasteiger partial charge in [-0.3, -0.25) is 4.68 Å². The van der Waals surface area contributed by atoms with E-state index in [0.717, 1.165) is 12.1 Å². The van der Waals surface area contributed by atoms with E-state index in [-0.39, 0.29) is 11.9 Å². The third-order valence-corrected chi connectivity index (χ3v) is 3.12. The molecule has 0 saturated heterocycles. The number of aromatic nitrogens is 2. The van der Waals surface area contributed by atoms with Crippen LogP contribution in [0.25, 0.3) is 0 Å². The highest BCUT2D eigenvalue weighted by Gasteiger charge is 2.18.